The molecule has 23 heavy (non-hydrogen) atoms. The Bertz CT molecular complexity index is 738. The smallest absolute Gasteiger partial charge is 0.263 e. The third kappa shape index (κ3) is 2.96. The number of rotatable bonds is 3. The Morgan fingerprint density at radius 2 is 2.13 bits per heavy atom. The van der Waals surface area contributed by atoms with Crippen molar-refractivity contribution >= 4 is 29.2 Å². The zero-order valence-corrected chi connectivity index (χ0v) is 14.1. The molecule has 0 saturated heterocycles. The highest BCUT2D eigenvalue weighted by atomic mass is 32.2. The van der Waals surface area contributed by atoms with Gasteiger partial charge in [-0.1, -0.05) is 17.8 Å². The molecule has 1 amide bonds. The van der Waals surface area contributed by atoms with Gasteiger partial charge in [0.15, 0.2) is 5.16 Å². The molecule has 120 valence electrons. The van der Waals surface area contributed by atoms with Gasteiger partial charge in [-0.2, -0.15) is 0 Å². The zero-order valence-electron chi connectivity index (χ0n) is 13.3. The van der Waals surface area contributed by atoms with Crippen LogP contribution >= 0.6 is 11.8 Å². The van der Waals surface area contributed by atoms with Gasteiger partial charge in [-0.3, -0.25) is 4.79 Å². The van der Waals surface area contributed by atoms with Crippen molar-refractivity contribution in [2.75, 3.05) is 43.3 Å². The molecule has 0 unspecified atom stereocenters. The van der Waals surface area contributed by atoms with Crippen LogP contribution in [0.3, 0.4) is 0 Å². The van der Waals surface area contributed by atoms with Crippen molar-refractivity contribution in [3.05, 3.63) is 36.0 Å². The molecule has 7 heteroatoms. The van der Waals surface area contributed by atoms with Gasteiger partial charge in [0.1, 0.15) is 17.1 Å². The number of methoxy groups -OCH3 is 1. The molecule has 1 aliphatic rings. The summed E-state index contributed by atoms with van der Waals surface area (Å²) in [7, 11) is 3.56. The Morgan fingerprint density at radius 3 is 2.87 bits per heavy atom. The summed E-state index contributed by atoms with van der Waals surface area (Å²) in [5.74, 6) is 1.31. The SMILES string of the molecule is COc1cccc(N2CCN(C)c3nc(SC)ncc3C2=O)c1. The number of amides is 1. The second kappa shape index (κ2) is 6.45. The molecule has 6 nitrogen and oxygen atoms in total. The highest BCUT2D eigenvalue weighted by Gasteiger charge is 2.28. The van der Waals surface area contributed by atoms with Crippen molar-refractivity contribution < 1.29 is 9.53 Å². The lowest BCUT2D eigenvalue weighted by Gasteiger charge is -2.21. The largest absolute Gasteiger partial charge is 0.497 e. The maximum Gasteiger partial charge on any atom is 0.263 e. The summed E-state index contributed by atoms with van der Waals surface area (Å²) in [6, 6.07) is 7.51. The minimum absolute atomic E-state index is 0.0924. The molecule has 2 aromatic rings. The number of hydrogen-bond acceptors (Lipinski definition) is 6. The number of carbonyl (C=O) groups excluding carboxylic acids is 1. The van der Waals surface area contributed by atoms with Gasteiger partial charge in [-0.05, 0) is 18.4 Å². The quantitative estimate of drug-likeness (QED) is 0.636. The van der Waals surface area contributed by atoms with Crippen LogP contribution in [0.4, 0.5) is 11.5 Å². The van der Waals surface area contributed by atoms with Crippen LogP contribution in [0.25, 0.3) is 0 Å². The van der Waals surface area contributed by atoms with E-state index in [-0.39, 0.29) is 5.91 Å². The van der Waals surface area contributed by atoms with Gasteiger partial charge in [0.25, 0.3) is 5.91 Å². The number of anilines is 2. The van der Waals surface area contributed by atoms with E-state index in [0.717, 1.165) is 11.4 Å². The number of ether oxygens (including phenoxy) is 1. The molecule has 0 atom stereocenters. The van der Waals surface area contributed by atoms with Gasteiger partial charge >= 0.3 is 0 Å². The average Bonchev–Trinajstić information content (AvgIpc) is 2.72. The van der Waals surface area contributed by atoms with Crippen LogP contribution in [0.1, 0.15) is 10.4 Å². The predicted octanol–water partition coefficient (Wildman–Crippen LogP) is 2.30. The van der Waals surface area contributed by atoms with Crippen molar-refractivity contribution in [3.8, 4) is 5.75 Å². The van der Waals surface area contributed by atoms with Crippen LogP contribution in [-0.4, -0.2) is 49.4 Å². The van der Waals surface area contributed by atoms with Gasteiger partial charge in [0.05, 0.1) is 7.11 Å². The van der Waals surface area contributed by atoms with E-state index in [1.165, 1.54) is 11.8 Å². The van der Waals surface area contributed by atoms with E-state index in [9.17, 15) is 4.79 Å². The fourth-order valence-corrected chi connectivity index (χ4v) is 2.86. The number of fused-ring (bicyclic) bond motifs is 1. The number of carbonyl (C=O) groups is 1. The third-order valence-electron chi connectivity index (χ3n) is 3.79. The standard InChI is InChI=1S/C16H18N4O2S/c1-19-7-8-20(11-5-4-6-12(9-11)22-2)15(21)13-10-17-16(23-3)18-14(13)19/h4-6,9-10H,7-8H2,1-3H3. The molecule has 0 fully saturated rings. The summed E-state index contributed by atoms with van der Waals surface area (Å²) in [6.07, 6.45) is 3.54. The van der Waals surface area contributed by atoms with E-state index in [1.54, 1.807) is 18.2 Å². The van der Waals surface area contributed by atoms with Crippen LogP contribution in [0.5, 0.6) is 5.75 Å². The van der Waals surface area contributed by atoms with Crippen LogP contribution < -0.4 is 14.5 Å². The predicted molar refractivity (Wildman–Crippen MR) is 91.8 cm³/mol. The van der Waals surface area contributed by atoms with Crippen LogP contribution in [-0.2, 0) is 0 Å². The maximum absolute atomic E-state index is 13.0. The van der Waals surface area contributed by atoms with E-state index < -0.39 is 0 Å². The summed E-state index contributed by atoms with van der Waals surface area (Å²) in [6.45, 7) is 1.27. The summed E-state index contributed by atoms with van der Waals surface area (Å²) >= 11 is 1.46. The second-order valence-corrected chi connectivity index (χ2v) is 5.95. The Labute approximate surface area is 139 Å². The fraction of sp³-hybridized carbons (Fsp3) is 0.312. The molecule has 2 heterocycles. The topological polar surface area (TPSA) is 58.6 Å². The van der Waals surface area contributed by atoms with Gasteiger partial charge in [-0.25, -0.2) is 9.97 Å². The minimum atomic E-state index is -0.0924. The van der Waals surface area contributed by atoms with Gasteiger partial charge in [0.2, 0.25) is 0 Å². The number of aromatic nitrogens is 2. The van der Waals surface area contributed by atoms with Crippen LogP contribution in [0, 0.1) is 0 Å². The molecule has 1 aliphatic heterocycles. The molecule has 1 aromatic carbocycles. The lowest BCUT2D eigenvalue weighted by molar-refractivity contribution is 0.0989. The van der Waals surface area contributed by atoms with Gasteiger partial charge in [-0.15, -0.1) is 0 Å². The van der Waals surface area contributed by atoms with Gasteiger partial charge < -0.3 is 14.5 Å². The normalized spacial score (nSPS) is 14.5. The Kier molecular flexibility index (Phi) is 4.38. The fourth-order valence-electron chi connectivity index (χ4n) is 2.52. The molecule has 0 radical (unpaired) electrons. The Hall–Kier alpha value is -2.28. The van der Waals surface area contributed by atoms with Gasteiger partial charge in [0, 0.05) is 38.1 Å². The number of benzene rings is 1. The summed E-state index contributed by atoms with van der Waals surface area (Å²) in [5, 5.41) is 0.665. The van der Waals surface area contributed by atoms with Crippen LogP contribution in [0.15, 0.2) is 35.6 Å². The summed E-state index contributed by atoms with van der Waals surface area (Å²) in [4.78, 5) is 25.4. The lowest BCUT2D eigenvalue weighted by atomic mass is 10.2. The molecule has 1 aromatic heterocycles. The summed E-state index contributed by atoms with van der Waals surface area (Å²) < 4.78 is 5.26. The average molecular weight is 330 g/mol. The van der Waals surface area contributed by atoms with Crippen LogP contribution in [0.2, 0.25) is 0 Å². The molecular weight excluding hydrogens is 312 g/mol. The Morgan fingerprint density at radius 1 is 1.30 bits per heavy atom. The maximum atomic E-state index is 13.0. The monoisotopic (exact) mass is 330 g/mol. The first-order valence-electron chi connectivity index (χ1n) is 7.22. The van der Waals surface area contributed by atoms with Crippen molar-refractivity contribution in [2.24, 2.45) is 0 Å². The highest BCUT2D eigenvalue weighted by Crippen LogP contribution is 2.28. The number of hydrogen-bond donors (Lipinski definition) is 0. The first kappa shape index (κ1) is 15.6. The zero-order chi connectivity index (χ0) is 16.4. The number of likely N-dealkylation sites (N-methyl/N-ethyl adjacent to an activating group) is 1. The molecule has 3 rings (SSSR count). The Balaban J connectivity index is 2.03. The van der Waals surface area contributed by atoms with E-state index in [4.69, 9.17) is 4.74 Å². The van der Waals surface area contributed by atoms with E-state index in [2.05, 4.69) is 9.97 Å². The third-order valence-corrected chi connectivity index (χ3v) is 4.35. The molecule has 0 saturated carbocycles. The minimum Gasteiger partial charge on any atom is -0.497 e. The van der Waals surface area contributed by atoms with Crippen molar-refractivity contribution in [3.63, 3.8) is 0 Å². The van der Waals surface area contributed by atoms with E-state index in [0.29, 0.717) is 29.6 Å². The molecular formula is C16H18N4O2S. The van der Waals surface area contributed by atoms with Crippen molar-refractivity contribution in [1.82, 2.24) is 9.97 Å². The molecule has 0 bridgehead atoms. The summed E-state index contributed by atoms with van der Waals surface area (Å²) in [5.41, 5.74) is 1.33. The van der Waals surface area contributed by atoms with Crippen molar-refractivity contribution in [1.29, 1.82) is 0 Å². The van der Waals surface area contributed by atoms with Crippen molar-refractivity contribution in [2.45, 2.75) is 5.16 Å². The van der Waals surface area contributed by atoms with E-state index >= 15 is 0 Å². The number of nitrogens with zero attached hydrogens (tertiary/aromatic N) is 4. The second-order valence-electron chi connectivity index (χ2n) is 5.17. The van der Waals surface area contributed by atoms with E-state index in [1.807, 2.05) is 42.5 Å². The molecule has 0 aliphatic carbocycles. The molecule has 0 N–H and O–H groups in total. The first-order valence-corrected chi connectivity index (χ1v) is 8.44. The first-order chi connectivity index (χ1) is 11.1. The number of thioether (sulfide) groups is 1. The molecule has 0 spiro atoms. The lowest BCUT2D eigenvalue weighted by Crippen LogP contribution is -2.33. The highest BCUT2D eigenvalue weighted by molar-refractivity contribution is 7.98.